The Morgan fingerprint density at radius 2 is 1.91 bits per heavy atom. The number of halogens is 3. The van der Waals surface area contributed by atoms with Crippen molar-refractivity contribution in [2.75, 3.05) is 12.8 Å². The number of piperidine rings is 1. The molecular formula is C22H28F3N5O4S. The zero-order valence-electron chi connectivity index (χ0n) is 19.8. The van der Waals surface area contributed by atoms with Crippen molar-refractivity contribution in [1.29, 1.82) is 0 Å². The minimum Gasteiger partial charge on any atom is -0.465 e. The molecule has 13 heteroatoms. The third-order valence-electron chi connectivity index (χ3n) is 6.53. The Morgan fingerprint density at radius 3 is 2.49 bits per heavy atom. The van der Waals surface area contributed by atoms with E-state index in [0.717, 1.165) is 22.0 Å². The number of hydrogen-bond acceptors (Lipinski definition) is 6. The van der Waals surface area contributed by atoms with E-state index >= 15 is 0 Å². The van der Waals surface area contributed by atoms with Gasteiger partial charge in [-0.2, -0.15) is 9.19 Å². The molecule has 2 N–H and O–H groups in total. The molecule has 0 radical (unpaired) electrons. The molecule has 192 valence electrons. The third-order valence-corrected chi connectivity index (χ3v) is 7.39. The second-order valence-electron chi connectivity index (χ2n) is 10.1. The number of carbonyl (C=O) groups is 1. The molecular weight excluding hydrogens is 487 g/mol. The molecule has 0 aliphatic carbocycles. The summed E-state index contributed by atoms with van der Waals surface area (Å²) in [5, 5.41) is 17.3. The maximum Gasteiger partial charge on any atom is 0.408 e. The van der Waals surface area contributed by atoms with Gasteiger partial charge in [-0.3, -0.25) is 9.80 Å². The van der Waals surface area contributed by atoms with Gasteiger partial charge in [-0.1, -0.05) is 0 Å². The molecule has 0 saturated carbocycles. The number of aromatic nitrogens is 2. The number of benzene rings is 1. The minimum absolute atomic E-state index is 0.220. The van der Waals surface area contributed by atoms with Gasteiger partial charge in [0.1, 0.15) is 5.82 Å². The van der Waals surface area contributed by atoms with Crippen LogP contribution >= 0.6 is 0 Å². The fourth-order valence-corrected chi connectivity index (χ4v) is 5.62. The molecule has 0 unspecified atom stereocenters. The highest BCUT2D eigenvalue weighted by Gasteiger charge is 2.45. The van der Waals surface area contributed by atoms with E-state index in [4.69, 9.17) is 0 Å². The van der Waals surface area contributed by atoms with E-state index in [1.165, 1.54) is 11.1 Å². The maximum atomic E-state index is 14.8. The highest BCUT2D eigenvalue weighted by molar-refractivity contribution is 7.89. The lowest BCUT2D eigenvalue weighted by Crippen LogP contribution is -2.61. The van der Waals surface area contributed by atoms with E-state index in [0.29, 0.717) is 31.4 Å². The zero-order chi connectivity index (χ0) is 25.9. The number of nitrogens with zero attached hydrogens (tertiary/aromatic N) is 4. The van der Waals surface area contributed by atoms with Crippen molar-refractivity contribution < 1.29 is 31.5 Å². The summed E-state index contributed by atoms with van der Waals surface area (Å²) in [5.74, 6) is -3.51. The summed E-state index contributed by atoms with van der Waals surface area (Å²) in [6, 6.07) is -0.694. The maximum absolute atomic E-state index is 14.8. The summed E-state index contributed by atoms with van der Waals surface area (Å²) in [6.45, 7) is 6.15. The van der Waals surface area contributed by atoms with Gasteiger partial charge in [0.2, 0.25) is 0 Å². The predicted octanol–water partition coefficient (Wildman–Crippen LogP) is 2.67. The van der Waals surface area contributed by atoms with Gasteiger partial charge < -0.3 is 10.4 Å². The number of hydrogen-bond donors (Lipinski definition) is 2. The summed E-state index contributed by atoms with van der Waals surface area (Å²) >= 11 is 0. The Kier molecular flexibility index (Phi) is 6.39. The third kappa shape index (κ3) is 4.89. The lowest BCUT2D eigenvalue weighted by Gasteiger charge is -2.48. The molecule has 2 aliphatic rings. The van der Waals surface area contributed by atoms with Crippen molar-refractivity contribution in [1.82, 2.24) is 24.3 Å². The molecule has 2 aromatic rings. The molecule has 3 heterocycles. The second-order valence-corrected chi connectivity index (χ2v) is 11.9. The first kappa shape index (κ1) is 25.5. The molecule has 4 rings (SSSR count). The van der Waals surface area contributed by atoms with Crippen molar-refractivity contribution in [3.8, 4) is 0 Å². The van der Waals surface area contributed by atoms with Crippen molar-refractivity contribution >= 4 is 16.1 Å². The van der Waals surface area contributed by atoms with Gasteiger partial charge in [-0.15, -0.1) is 0 Å². The molecule has 1 saturated heterocycles. The van der Waals surface area contributed by atoms with Crippen LogP contribution in [0, 0.1) is 17.5 Å². The standard InChI is InChI=1S/C22H28F3N5O4S/c1-22(2,3)30(21(31)32)18-7-14(8-26-20(18)15-5-13(23)6-16(24)19(15)25)28-9-12-10-29(35(4,33)34)27-17(12)11-28/h5-6,10,14,18,20,26H,7-9,11H2,1-4H3,(H,31,32)/t14-,18+,20+/m1/s1. The van der Waals surface area contributed by atoms with Gasteiger partial charge in [0.25, 0.3) is 10.0 Å². The Labute approximate surface area is 201 Å². The Morgan fingerprint density at radius 1 is 1.23 bits per heavy atom. The normalized spacial score (nSPS) is 23.3. The van der Waals surface area contributed by atoms with Crippen LogP contribution in [0.5, 0.6) is 0 Å². The molecule has 2 aliphatic heterocycles. The summed E-state index contributed by atoms with van der Waals surface area (Å²) in [7, 11) is -3.51. The van der Waals surface area contributed by atoms with Crippen LogP contribution < -0.4 is 5.32 Å². The van der Waals surface area contributed by atoms with Crippen molar-refractivity contribution in [2.45, 2.75) is 63.9 Å². The Balaban J connectivity index is 1.65. The number of rotatable bonds is 4. The molecule has 0 bridgehead atoms. The molecule has 3 atom stereocenters. The van der Waals surface area contributed by atoms with Crippen LogP contribution in [0.4, 0.5) is 18.0 Å². The quantitative estimate of drug-likeness (QED) is 0.603. The SMILES string of the molecule is CC(C)(C)N(C(=O)O)[C@H]1C[C@@H](N2Cc3cn(S(C)(=O)=O)nc3C2)CN[C@H]1c1cc(F)cc(F)c1F. The van der Waals surface area contributed by atoms with Crippen LogP contribution in [0.25, 0.3) is 0 Å². The van der Waals surface area contributed by atoms with E-state index in [-0.39, 0.29) is 18.0 Å². The van der Waals surface area contributed by atoms with Gasteiger partial charge in [0, 0.05) is 54.6 Å². The molecule has 35 heavy (non-hydrogen) atoms. The van der Waals surface area contributed by atoms with Crippen LogP contribution in [-0.4, -0.2) is 69.0 Å². The lowest BCUT2D eigenvalue weighted by molar-refractivity contribution is 0.0191. The van der Waals surface area contributed by atoms with Crippen molar-refractivity contribution in [3.63, 3.8) is 0 Å². The van der Waals surface area contributed by atoms with Crippen molar-refractivity contribution in [3.05, 3.63) is 52.6 Å². The molecule has 0 spiro atoms. The van der Waals surface area contributed by atoms with Crippen LogP contribution in [0.15, 0.2) is 18.3 Å². The van der Waals surface area contributed by atoms with Crippen LogP contribution in [0.1, 0.15) is 50.1 Å². The van der Waals surface area contributed by atoms with Gasteiger partial charge >= 0.3 is 6.09 Å². The van der Waals surface area contributed by atoms with E-state index in [2.05, 4.69) is 10.4 Å². The highest BCUT2D eigenvalue weighted by Crippen LogP contribution is 2.37. The van der Waals surface area contributed by atoms with Crippen LogP contribution in [0.2, 0.25) is 0 Å². The minimum atomic E-state index is -3.51. The van der Waals surface area contributed by atoms with Gasteiger partial charge in [-0.05, 0) is 33.3 Å². The number of fused-ring (bicyclic) bond motifs is 1. The van der Waals surface area contributed by atoms with Gasteiger partial charge in [-0.25, -0.2) is 26.4 Å². The molecule has 9 nitrogen and oxygen atoms in total. The van der Waals surface area contributed by atoms with E-state index in [1.54, 1.807) is 20.8 Å². The first-order valence-electron chi connectivity index (χ1n) is 11.1. The largest absolute Gasteiger partial charge is 0.465 e. The first-order chi connectivity index (χ1) is 16.2. The van der Waals surface area contributed by atoms with Gasteiger partial charge in [0.05, 0.1) is 24.0 Å². The summed E-state index contributed by atoms with van der Waals surface area (Å²) in [5.41, 5.74) is 0.206. The second kappa shape index (κ2) is 8.79. The summed E-state index contributed by atoms with van der Waals surface area (Å²) in [4.78, 5) is 15.5. The van der Waals surface area contributed by atoms with E-state index in [9.17, 15) is 31.5 Å². The number of amides is 1. The summed E-state index contributed by atoms with van der Waals surface area (Å²) < 4.78 is 67.3. The van der Waals surface area contributed by atoms with Gasteiger partial charge in [0.15, 0.2) is 11.6 Å². The number of nitrogens with one attached hydrogen (secondary N) is 1. The molecule has 1 aromatic heterocycles. The summed E-state index contributed by atoms with van der Waals surface area (Å²) in [6.07, 6.45) is 1.55. The Bertz CT molecular complexity index is 1240. The molecule has 1 aromatic carbocycles. The van der Waals surface area contributed by atoms with Crippen LogP contribution in [0.3, 0.4) is 0 Å². The average Bonchev–Trinajstić information content (AvgIpc) is 3.29. The van der Waals surface area contributed by atoms with E-state index in [1.807, 2.05) is 4.90 Å². The Hall–Kier alpha value is -2.64. The van der Waals surface area contributed by atoms with Crippen LogP contribution in [-0.2, 0) is 23.1 Å². The number of carboxylic acid groups (broad SMARTS) is 1. The zero-order valence-corrected chi connectivity index (χ0v) is 20.6. The lowest BCUT2D eigenvalue weighted by atomic mass is 9.85. The average molecular weight is 516 g/mol. The predicted molar refractivity (Wildman–Crippen MR) is 121 cm³/mol. The first-order valence-corrected chi connectivity index (χ1v) is 12.9. The monoisotopic (exact) mass is 515 g/mol. The fourth-order valence-electron chi connectivity index (χ4n) is 5.06. The van der Waals surface area contributed by atoms with Crippen molar-refractivity contribution in [2.24, 2.45) is 0 Å². The molecule has 1 fully saturated rings. The highest BCUT2D eigenvalue weighted by atomic mass is 32.2. The topological polar surface area (TPSA) is 108 Å². The smallest absolute Gasteiger partial charge is 0.408 e. The fraction of sp³-hybridized carbons (Fsp3) is 0.545. The molecule has 1 amide bonds. The van der Waals surface area contributed by atoms with E-state index < -0.39 is 51.2 Å².